The highest BCUT2D eigenvalue weighted by Crippen LogP contribution is 2.32. The Morgan fingerprint density at radius 3 is 2.13 bits per heavy atom. The van der Waals surface area contributed by atoms with Gasteiger partial charge in [0.25, 0.3) is 0 Å². The normalized spacial score (nSPS) is 11.4. The van der Waals surface area contributed by atoms with Crippen molar-refractivity contribution >= 4 is 0 Å². The fraction of sp³-hybridized carbons (Fsp3) is 0.118. The standard InChI is InChI=1S/C17H13F3N2O/c18-17(19,20)16-15(11-23-14-9-5-2-6-10-14)22(12-21-16)13-7-3-1-4-8-13/h1-10,12H,11H2. The van der Waals surface area contributed by atoms with Gasteiger partial charge in [0.1, 0.15) is 18.7 Å². The third-order valence-electron chi connectivity index (χ3n) is 3.29. The summed E-state index contributed by atoms with van der Waals surface area (Å²) in [4.78, 5) is 3.53. The van der Waals surface area contributed by atoms with E-state index in [1.165, 1.54) is 10.9 Å². The molecule has 0 atom stereocenters. The second kappa shape index (κ2) is 6.16. The Morgan fingerprint density at radius 1 is 0.913 bits per heavy atom. The first-order valence-electron chi connectivity index (χ1n) is 6.92. The maximum Gasteiger partial charge on any atom is 0.435 e. The van der Waals surface area contributed by atoms with Gasteiger partial charge in [0.15, 0.2) is 5.69 Å². The van der Waals surface area contributed by atoms with Gasteiger partial charge in [0.05, 0.1) is 5.69 Å². The van der Waals surface area contributed by atoms with Crippen molar-refractivity contribution in [1.29, 1.82) is 0 Å². The molecule has 118 valence electrons. The maximum absolute atomic E-state index is 13.2. The van der Waals surface area contributed by atoms with Gasteiger partial charge in [-0.3, -0.25) is 4.57 Å². The van der Waals surface area contributed by atoms with Gasteiger partial charge in [-0.05, 0) is 24.3 Å². The summed E-state index contributed by atoms with van der Waals surface area (Å²) in [5.41, 5.74) is -0.369. The molecule has 0 unspecified atom stereocenters. The summed E-state index contributed by atoms with van der Waals surface area (Å²) in [6, 6.07) is 17.4. The predicted molar refractivity (Wildman–Crippen MR) is 79.3 cm³/mol. The van der Waals surface area contributed by atoms with Crippen LogP contribution in [0.5, 0.6) is 5.75 Å². The van der Waals surface area contributed by atoms with E-state index in [1.54, 1.807) is 54.6 Å². The first-order chi connectivity index (χ1) is 11.1. The minimum Gasteiger partial charge on any atom is -0.487 e. The van der Waals surface area contributed by atoms with Crippen molar-refractivity contribution in [3.63, 3.8) is 0 Å². The number of benzene rings is 2. The fourth-order valence-corrected chi connectivity index (χ4v) is 2.23. The Balaban J connectivity index is 1.97. The van der Waals surface area contributed by atoms with E-state index in [9.17, 15) is 13.2 Å². The first-order valence-corrected chi connectivity index (χ1v) is 6.92. The van der Waals surface area contributed by atoms with Crippen molar-refractivity contribution in [3.05, 3.63) is 78.4 Å². The van der Waals surface area contributed by atoms with E-state index in [0.29, 0.717) is 11.4 Å². The average Bonchev–Trinajstić information content (AvgIpc) is 2.99. The van der Waals surface area contributed by atoms with Gasteiger partial charge in [-0.25, -0.2) is 4.98 Å². The van der Waals surface area contributed by atoms with Crippen LogP contribution >= 0.6 is 0 Å². The molecule has 0 N–H and O–H groups in total. The molecule has 0 saturated carbocycles. The highest BCUT2D eigenvalue weighted by molar-refractivity contribution is 5.36. The van der Waals surface area contributed by atoms with Crippen LogP contribution in [0, 0.1) is 0 Å². The zero-order chi connectivity index (χ0) is 16.3. The minimum atomic E-state index is -4.53. The van der Waals surface area contributed by atoms with Crippen molar-refractivity contribution in [2.45, 2.75) is 12.8 Å². The minimum absolute atomic E-state index is 0.0347. The Hall–Kier alpha value is -2.76. The largest absolute Gasteiger partial charge is 0.487 e. The molecule has 6 heteroatoms. The van der Waals surface area contributed by atoms with Gasteiger partial charge in [-0.2, -0.15) is 13.2 Å². The molecule has 3 aromatic rings. The summed E-state index contributed by atoms with van der Waals surface area (Å²) < 4.78 is 46.4. The molecule has 1 aromatic heterocycles. The molecule has 0 aliphatic heterocycles. The van der Waals surface area contributed by atoms with Crippen LogP contribution in [-0.4, -0.2) is 9.55 Å². The number of para-hydroxylation sites is 2. The van der Waals surface area contributed by atoms with Crippen LogP contribution in [0.1, 0.15) is 11.4 Å². The number of alkyl halides is 3. The quantitative estimate of drug-likeness (QED) is 0.709. The van der Waals surface area contributed by atoms with E-state index >= 15 is 0 Å². The smallest absolute Gasteiger partial charge is 0.435 e. The van der Waals surface area contributed by atoms with Crippen molar-refractivity contribution in [2.75, 3.05) is 0 Å². The Kier molecular flexibility index (Phi) is 4.06. The summed E-state index contributed by atoms with van der Waals surface area (Å²) in [5, 5.41) is 0. The van der Waals surface area contributed by atoms with E-state index < -0.39 is 11.9 Å². The number of imidazole rings is 1. The molecular formula is C17H13F3N2O. The van der Waals surface area contributed by atoms with Crippen molar-refractivity contribution in [3.8, 4) is 11.4 Å². The molecule has 0 amide bonds. The molecule has 3 rings (SSSR count). The molecule has 2 aromatic carbocycles. The second-order valence-corrected chi connectivity index (χ2v) is 4.84. The number of rotatable bonds is 4. The number of halogens is 3. The zero-order valence-electron chi connectivity index (χ0n) is 12.0. The molecule has 23 heavy (non-hydrogen) atoms. The molecule has 0 spiro atoms. The van der Waals surface area contributed by atoms with Crippen LogP contribution < -0.4 is 4.74 Å². The Morgan fingerprint density at radius 2 is 1.52 bits per heavy atom. The Bertz CT molecular complexity index is 768. The third-order valence-corrected chi connectivity index (χ3v) is 3.29. The summed E-state index contributed by atoms with van der Waals surface area (Å²) in [6.07, 6.45) is -3.36. The van der Waals surface area contributed by atoms with Gasteiger partial charge in [-0.1, -0.05) is 36.4 Å². The molecule has 0 bridgehead atoms. The van der Waals surface area contributed by atoms with E-state index in [1.807, 2.05) is 6.07 Å². The van der Waals surface area contributed by atoms with Crippen molar-refractivity contribution < 1.29 is 17.9 Å². The lowest BCUT2D eigenvalue weighted by Crippen LogP contribution is -2.13. The van der Waals surface area contributed by atoms with Crippen LogP contribution in [0.3, 0.4) is 0 Å². The first kappa shape index (κ1) is 15.1. The summed E-state index contributed by atoms with van der Waals surface area (Å²) in [6.45, 7) is -0.228. The molecular weight excluding hydrogens is 305 g/mol. The van der Waals surface area contributed by atoms with Crippen LogP contribution in [0.4, 0.5) is 13.2 Å². The van der Waals surface area contributed by atoms with Gasteiger partial charge >= 0.3 is 6.18 Å². The summed E-state index contributed by atoms with van der Waals surface area (Å²) in [7, 11) is 0. The Labute approximate surface area is 131 Å². The van der Waals surface area contributed by atoms with Crippen molar-refractivity contribution in [1.82, 2.24) is 9.55 Å². The predicted octanol–water partition coefficient (Wildman–Crippen LogP) is 4.47. The van der Waals surface area contributed by atoms with E-state index in [4.69, 9.17) is 4.74 Å². The highest BCUT2D eigenvalue weighted by Gasteiger charge is 2.37. The topological polar surface area (TPSA) is 27.1 Å². The molecule has 0 radical (unpaired) electrons. The summed E-state index contributed by atoms with van der Waals surface area (Å²) >= 11 is 0. The lowest BCUT2D eigenvalue weighted by atomic mass is 10.2. The van der Waals surface area contributed by atoms with Crippen LogP contribution in [0.15, 0.2) is 67.0 Å². The molecule has 0 saturated heterocycles. The van der Waals surface area contributed by atoms with Crippen LogP contribution in [-0.2, 0) is 12.8 Å². The number of hydrogen-bond donors (Lipinski definition) is 0. The molecule has 0 fully saturated rings. The van der Waals surface area contributed by atoms with E-state index in [2.05, 4.69) is 4.98 Å². The number of nitrogens with zero attached hydrogens (tertiary/aromatic N) is 2. The van der Waals surface area contributed by atoms with Gasteiger partial charge in [0.2, 0.25) is 0 Å². The second-order valence-electron chi connectivity index (χ2n) is 4.84. The molecule has 3 nitrogen and oxygen atoms in total. The fourth-order valence-electron chi connectivity index (χ4n) is 2.23. The maximum atomic E-state index is 13.2. The van der Waals surface area contributed by atoms with Crippen molar-refractivity contribution in [2.24, 2.45) is 0 Å². The van der Waals surface area contributed by atoms with Gasteiger partial charge in [-0.15, -0.1) is 0 Å². The van der Waals surface area contributed by atoms with Gasteiger partial charge < -0.3 is 4.74 Å². The molecule has 0 aliphatic rings. The van der Waals surface area contributed by atoms with Crippen LogP contribution in [0.25, 0.3) is 5.69 Å². The average molecular weight is 318 g/mol. The number of aromatic nitrogens is 2. The zero-order valence-corrected chi connectivity index (χ0v) is 12.0. The lowest BCUT2D eigenvalue weighted by molar-refractivity contribution is -0.142. The van der Waals surface area contributed by atoms with E-state index in [-0.39, 0.29) is 12.3 Å². The lowest BCUT2D eigenvalue weighted by Gasteiger charge is -2.13. The van der Waals surface area contributed by atoms with Gasteiger partial charge in [0, 0.05) is 5.69 Å². The van der Waals surface area contributed by atoms with Crippen LogP contribution in [0.2, 0.25) is 0 Å². The van der Waals surface area contributed by atoms with E-state index in [0.717, 1.165) is 0 Å². The third kappa shape index (κ3) is 3.36. The monoisotopic (exact) mass is 318 g/mol. The molecule has 1 heterocycles. The number of hydrogen-bond acceptors (Lipinski definition) is 2. The SMILES string of the molecule is FC(F)(F)c1ncn(-c2ccccc2)c1COc1ccccc1. The number of ether oxygens (including phenoxy) is 1. The summed E-state index contributed by atoms with van der Waals surface area (Å²) in [5.74, 6) is 0.501. The highest BCUT2D eigenvalue weighted by atomic mass is 19.4. The molecule has 0 aliphatic carbocycles.